The molecule has 0 aliphatic rings. The molecule has 1 N–H and O–H groups in total. The molecular weight excluding hydrogens is 432 g/mol. The fourth-order valence-corrected chi connectivity index (χ4v) is 4.23. The van der Waals surface area contributed by atoms with Crippen LogP contribution in [0, 0.1) is 11.6 Å². The lowest BCUT2D eigenvalue weighted by molar-refractivity contribution is -0.105. The highest BCUT2D eigenvalue weighted by Gasteiger charge is 2.24. The Morgan fingerprint density at radius 2 is 1.62 bits per heavy atom. The number of carbonyl (C=O) groups is 2. The highest BCUT2D eigenvalue weighted by Crippen LogP contribution is 2.37. The van der Waals surface area contributed by atoms with Crippen LogP contribution in [0.25, 0.3) is 22.3 Å². The van der Waals surface area contributed by atoms with Crippen LogP contribution in [-0.4, -0.2) is 24.3 Å². The van der Waals surface area contributed by atoms with Crippen LogP contribution in [0.15, 0.2) is 72.4 Å². The van der Waals surface area contributed by atoms with Crippen molar-refractivity contribution in [1.82, 2.24) is 4.98 Å². The number of halogens is 2. The van der Waals surface area contributed by atoms with Gasteiger partial charge in [0.1, 0.15) is 5.00 Å². The molecule has 0 unspecified atom stereocenters. The molecule has 4 aromatic rings. The smallest absolute Gasteiger partial charge is 0.261 e. The predicted molar refractivity (Wildman–Crippen MR) is 122 cm³/mol. The van der Waals surface area contributed by atoms with Crippen LogP contribution in [0.4, 0.5) is 19.5 Å². The maximum absolute atomic E-state index is 13.6. The Balaban J connectivity index is 1.71. The lowest BCUT2D eigenvalue weighted by Gasteiger charge is -2.18. The van der Waals surface area contributed by atoms with E-state index < -0.39 is 11.6 Å². The van der Waals surface area contributed by atoms with Gasteiger partial charge in [-0.25, -0.2) is 8.78 Å². The van der Waals surface area contributed by atoms with E-state index in [1.165, 1.54) is 22.3 Å². The fourth-order valence-electron chi connectivity index (χ4n) is 3.31. The monoisotopic (exact) mass is 449 g/mol. The lowest BCUT2D eigenvalue weighted by atomic mass is 9.99. The maximum atomic E-state index is 13.6. The molecule has 0 aliphatic heterocycles. The molecule has 2 aromatic carbocycles. The van der Waals surface area contributed by atoms with Crippen molar-refractivity contribution in [1.29, 1.82) is 0 Å². The molecule has 2 aromatic heterocycles. The van der Waals surface area contributed by atoms with Gasteiger partial charge >= 0.3 is 0 Å². The van der Waals surface area contributed by atoms with Gasteiger partial charge in [0.25, 0.3) is 5.91 Å². The van der Waals surface area contributed by atoms with E-state index >= 15 is 0 Å². The first kappa shape index (κ1) is 21.3. The summed E-state index contributed by atoms with van der Waals surface area (Å²) in [6.45, 7) is 0. The van der Waals surface area contributed by atoms with Crippen molar-refractivity contribution in [3.8, 4) is 22.3 Å². The number of hydrogen-bond donors (Lipinski definition) is 1. The Kier molecular flexibility index (Phi) is 6.04. The fraction of sp³-hybridized carbons (Fsp3) is 0.0417. The second-order valence-corrected chi connectivity index (χ2v) is 7.77. The Bertz CT molecular complexity index is 1270. The van der Waals surface area contributed by atoms with Gasteiger partial charge in [-0.05, 0) is 41.0 Å². The Morgan fingerprint density at radius 1 is 0.969 bits per heavy atom. The number of rotatable bonds is 6. The molecule has 0 atom stereocenters. The molecule has 0 radical (unpaired) electrons. The van der Waals surface area contributed by atoms with Gasteiger partial charge in [-0.1, -0.05) is 30.3 Å². The Morgan fingerprint density at radius 3 is 2.28 bits per heavy atom. The van der Waals surface area contributed by atoms with Crippen molar-refractivity contribution in [2.45, 2.75) is 0 Å². The van der Waals surface area contributed by atoms with Crippen LogP contribution in [0.5, 0.6) is 0 Å². The van der Waals surface area contributed by atoms with E-state index in [4.69, 9.17) is 0 Å². The van der Waals surface area contributed by atoms with Gasteiger partial charge in [0, 0.05) is 36.1 Å². The van der Waals surface area contributed by atoms with Crippen LogP contribution >= 0.6 is 11.3 Å². The van der Waals surface area contributed by atoms with E-state index in [2.05, 4.69) is 10.3 Å². The first-order chi connectivity index (χ1) is 15.5. The van der Waals surface area contributed by atoms with Crippen LogP contribution < -0.4 is 10.2 Å². The number of hydrogen-bond acceptors (Lipinski definition) is 4. The highest BCUT2D eigenvalue weighted by molar-refractivity contribution is 7.15. The van der Waals surface area contributed by atoms with Gasteiger partial charge in [-0.15, -0.1) is 11.3 Å². The van der Waals surface area contributed by atoms with Crippen LogP contribution in [-0.2, 0) is 4.79 Å². The Labute approximate surface area is 187 Å². The number of pyridine rings is 1. The summed E-state index contributed by atoms with van der Waals surface area (Å²) in [5, 5.41) is 4.84. The molecule has 4 rings (SSSR count). The predicted octanol–water partition coefficient (Wildman–Crippen LogP) is 5.60. The van der Waals surface area contributed by atoms with E-state index in [9.17, 15) is 18.4 Å². The van der Waals surface area contributed by atoms with E-state index in [1.54, 1.807) is 61.2 Å². The van der Waals surface area contributed by atoms with Gasteiger partial charge in [0.2, 0.25) is 6.41 Å². The van der Waals surface area contributed by atoms with E-state index in [0.29, 0.717) is 39.4 Å². The minimum absolute atomic E-state index is 0.290. The summed E-state index contributed by atoms with van der Waals surface area (Å²) < 4.78 is 26.8. The standard InChI is InChI=1S/C24H17F2N3O2S/c1-29(18-8-10-27-11-9-18)24(31)22-19(13-32-23(22)28-14-30)16-4-2-15(3-5-16)17-6-7-20(25)21(26)12-17/h2-14H,1H3,(H,28,30). The minimum Gasteiger partial charge on any atom is -0.320 e. The number of benzene rings is 2. The van der Waals surface area contributed by atoms with E-state index in [1.807, 2.05) is 0 Å². The summed E-state index contributed by atoms with van der Waals surface area (Å²) in [5.74, 6) is -2.11. The normalized spacial score (nSPS) is 10.6. The molecule has 32 heavy (non-hydrogen) atoms. The zero-order valence-corrected chi connectivity index (χ0v) is 17.7. The van der Waals surface area contributed by atoms with Crippen molar-refractivity contribution < 1.29 is 18.4 Å². The van der Waals surface area contributed by atoms with Crippen LogP contribution in [0.3, 0.4) is 0 Å². The first-order valence-electron chi connectivity index (χ1n) is 9.55. The first-order valence-corrected chi connectivity index (χ1v) is 10.4. The zero-order valence-electron chi connectivity index (χ0n) is 16.9. The molecule has 0 saturated heterocycles. The molecule has 2 heterocycles. The highest BCUT2D eigenvalue weighted by atomic mass is 32.1. The molecular formula is C24H17F2N3O2S. The summed E-state index contributed by atoms with van der Waals surface area (Å²) in [5.41, 5.74) is 3.67. The number of aromatic nitrogens is 1. The number of nitrogens with one attached hydrogen (secondary N) is 1. The molecule has 0 bridgehead atoms. The largest absolute Gasteiger partial charge is 0.320 e. The van der Waals surface area contributed by atoms with Gasteiger partial charge in [-0.3, -0.25) is 14.6 Å². The van der Waals surface area contributed by atoms with Crippen molar-refractivity contribution >= 4 is 34.3 Å². The van der Waals surface area contributed by atoms with Gasteiger partial charge in [-0.2, -0.15) is 0 Å². The molecule has 160 valence electrons. The van der Waals surface area contributed by atoms with Crippen LogP contribution in [0.1, 0.15) is 10.4 Å². The average Bonchev–Trinajstić information content (AvgIpc) is 3.24. The third kappa shape index (κ3) is 4.13. The number of thiophene rings is 1. The van der Waals surface area contributed by atoms with Crippen molar-refractivity contribution in [3.05, 3.63) is 89.6 Å². The van der Waals surface area contributed by atoms with Crippen LogP contribution in [0.2, 0.25) is 0 Å². The number of amides is 2. The molecule has 0 fully saturated rings. The summed E-state index contributed by atoms with van der Waals surface area (Å²) in [6.07, 6.45) is 3.72. The molecule has 0 aliphatic carbocycles. The molecule has 8 heteroatoms. The number of anilines is 2. The maximum Gasteiger partial charge on any atom is 0.261 e. The second-order valence-electron chi connectivity index (χ2n) is 6.89. The van der Waals surface area contributed by atoms with E-state index in [-0.39, 0.29) is 5.91 Å². The van der Waals surface area contributed by atoms with Gasteiger partial charge in [0.05, 0.1) is 5.56 Å². The summed E-state index contributed by atoms with van der Waals surface area (Å²) in [4.78, 5) is 29.9. The lowest BCUT2D eigenvalue weighted by Crippen LogP contribution is -2.27. The Hall–Kier alpha value is -3.91. The topological polar surface area (TPSA) is 62.3 Å². The van der Waals surface area contributed by atoms with Crippen molar-refractivity contribution in [2.24, 2.45) is 0 Å². The average molecular weight is 449 g/mol. The SMILES string of the molecule is CN(C(=O)c1c(-c2ccc(-c3ccc(F)c(F)c3)cc2)csc1NC=O)c1ccncc1. The van der Waals surface area contributed by atoms with E-state index in [0.717, 1.165) is 17.7 Å². The summed E-state index contributed by atoms with van der Waals surface area (Å²) in [7, 11) is 1.65. The molecule has 2 amide bonds. The zero-order chi connectivity index (χ0) is 22.7. The quantitative estimate of drug-likeness (QED) is 0.390. The van der Waals surface area contributed by atoms with Gasteiger partial charge < -0.3 is 10.2 Å². The molecule has 0 spiro atoms. The number of carbonyl (C=O) groups excluding carboxylic acids is 2. The van der Waals surface area contributed by atoms with Crippen molar-refractivity contribution in [3.63, 3.8) is 0 Å². The summed E-state index contributed by atoms with van der Waals surface area (Å²) in [6, 6.07) is 14.3. The third-order valence-corrected chi connectivity index (χ3v) is 5.91. The second kappa shape index (κ2) is 9.07. The number of nitrogens with zero attached hydrogens (tertiary/aromatic N) is 2. The molecule has 0 saturated carbocycles. The van der Waals surface area contributed by atoms with Gasteiger partial charge in [0.15, 0.2) is 11.6 Å². The minimum atomic E-state index is -0.916. The summed E-state index contributed by atoms with van der Waals surface area (Å²) >= 11 is 1.25. The molecule has 5 nitrogen and oxygen atoms in total. The third-order valence-electron chi connectivity index (χ3n) is 5.00. The van der Waals surface area contributed by atoms with Crippen molar-refractivity contribution in [2.75, 3.05) is 17.3 Å².